The fourth-order valence-corrected chi connectivity index (χ4v) is 2.77. The van der Waals surface area contributed by atoms with Crippen LogP contribution in [0.3, 0.4) is 0 Å². The first-order valence-electron chi connectivity index (χ1n) is 8.95. The first-order chi connectivity index (χ1) is 13.4. The van der Waals surface area contributed by atoms with E-state index in [1.54, 1.807) is 0 Å². The Hall–Kier alpha value is -3.35. The number of nitrogens with two attached hydrogens (primary N) is 1. The lowest BCUT2D eigenvalue weighted by atomic mass is 9.96. The Kier molecular flexibility index (Phi) is 7.56. The number of primary amides is 1. The third kappa shape index (κ3) is 6.42. The minimum Gasteiger partial charge on any atom is -0.445 e. The van der Waals surface area contributed by atoms with Crippen molar-refractivity contribution in [3.63, 3.8) is 0 Å². The van der Waals surface area contributed by atoms with E-state index in [0.717, 1.165) is 22.3 Å². The molecule has 0 saturated carbocycles. The summed E-state index contributed by atoms with van der Waals surface area (Å²) in [6.07, 6.45) is -0.428. The molecule has 2 aromatic carbocycles. The number of aryl methyl sites for hydroxylation is 2. The zero-order valence-corrected chi connectivity index (χ0v) is 16.0. The van der Waals surface area contributed by atoms with Crippen LogP contribution < -0.4 is 16.4 Å². The molecule has 0 aliphatic carbocycles. The van der Waals surface area contributed by atoms with Crippen LogP contribution in [-0.2, 0) is 27.4 Å². The van der Waals surface area contributed by atoms with E-state index in [1.165, 1.54) is 0 Å². The molecule has 0 spiro atoms. The number of hydrogen-bond donors (Lipinski definition) is 3. The maximum atomic E-state index is 12.1. The van der Waals surface area contributed by atoms with E-state index in [-0.39, 0.29) is 19.6 Å². The molecule has 0 radical (unpaired) electrons. The molecular formula is C21H25N3O4. The molecule has 2 aromatic rings. The van der Waals surface area contributed by atoms with Crippen LogP contribution in [0.4, 0.5) is 4.79 Å². The molecule has 0 aliphatic heterocycles. The number of amides is 3. The van der Waals surface area contributed by atoms with E-state index in [2.05, 4.69) is 10.6 Å². The minimum absolute atomic E-state index is 0.102. The fourth-order valence-electron chi connectivity index (χ4n) is 2.77. The summed E-state index contributed by atoms with van der Waals surface area (Å²) < 4.78 is 5.04. The average Bonchev–Trinajstić information content (AvgIpc) is 2.67. The highest BCUT2D eigenvalue weighted by Gasteiger charge is 2.20. The first-order valence-corrected chi connectivity index (χ1v) is 8.95. The minimum atomic E-state index is -0.866. The van der Waals surface area contributed by atoms with Crippen molar-refractivity contribution >= 4 is 17.9 Å². The monoisotopic (exact) mass is 383 g/mol. The Morgan fingerprint density at radius 3 is 2.25 bits per heavy atom. The summed E-state index contributed by atoms with van der Waals surface area (Å²) >= 11 is 0. The van der Waals surface area contributed by atoms with Gasteiger partial charge in [0.15, 0.2) is 0 Å². The van der Waals surface area contributed by atoms with Crippen molar-refractivity contribution in [3.05, 3.63) is 70.8 Å². The number of benzene rings is 2. The van der Waals surface area contributed by atoms with Gasteiger partial charge < -0.3 is 21.1 Å². The van der Waals surface area contributed by atoms with Gasteiger partial charge in [-0.3, -0.25) is 9.59 Å². The van der Waals surface area contributed by atoms with Crippen LogP contribution in [0.15, 0.2) is 48.5 Å². The second kappa shape index (κ2) is 10.1. The van der Waals surface area contributed by atoms with Gasteiger partial charge in [-0.1, -0.05) is 48.5 Å². The molecule has 7 heteroatoms. The summed E-state index contributed by atoms with van der Waals surface area (Å²) in [5, 5.41) is 4.92. The van der Waals surface area contributed by atoms with Crippen LogP contribution in [0.2, 0.25) is 0 Å². The molecule has 0 fully saturated rings. The molecule has 0 aliphatic rings. The molecule has 0 heterocycles. The van der Waals surface area contributed by atoms with Crippen LogP contribution in [-0.4, -0.2) is 30.5 Å². The largest absolute Gasteiger partial charge is 0.445 e. The number of carbonyl (C=O) groups is 3. The van der Waals surface area contributed by atoms with Crippen LogP contribution >= 0.6 is 0 Å². The Bertz CT molecular complexity index is 817. The SMILES string of the molecule is Cc1cccc(C)c1C[C@@H](NC(=O)CNC(=O)OCc1ccccc1)C(N)=O. The maximum absolute atomic E-state index is 12.1. The predicted octanol–water partition coefficient (Wildman–Crippen LogP) is 1.74. The Labute approximate surface area is 164 Å². The maximum Gasteiger partial charge on any atom is 0.407 e. The third-order valence-electron chi connectivity index (χ3n) is 4.34. The Morgan fingerprint density at radius 1 is 1.00 bits per heavy atom. The lowest BCUT2D eigenvalue weighted by Crippen LogP contribution is -2.49. The number of nitrogens with one attached hydrogen (secondary N) is 2. The smallest absolute Gasteiger partial charge is 0.407 e. The van der Waals surface area contributed by atoms with Gasteiger partial charge in [-0.25, -0.2) is 4.79 Å². The summed E-state index contributed by atoms with van der Waals surface area (Å²) in [6, 6.07) is 14.1. The molecule has 4 N–H and O–H groups in total. The predicted molar refractivity (Wildman–Crippen MR) is 105 cm³/mol. The van der Waals surface area contributed by atoms with Gasteiger partial charge >= 0.3 is 6.09 Å². The van der Waals surface area contributed by atoms with Crippen molar-refractivity contribution in [1.29, 1.82) is 0 Å². The van der Waals surface area contributed by atoms with Gasteiger partial charge in [-0.2, -0.15) is 0 Å². The van der Waals surface area contributed by atoms with Gasteiger partial charge in [-0.15, -0.1) is 0 Å². The van der Waals surface area contributed by atoms with Crippen molar-refractivity contribution in [2.45, 2.75) is 32.9 Å². The lowest BCUT2D eigenvalue weighted by molar-refractivity contribution is -0.126. The fraction of sp³-hybridized carbons (Fsp3) is 0.286. The Balaban J connectivity index is 1.83. The van der Waals surface area contributed by atoms with E-state index in [0.29, 0.717) is 0 Å². The summed E-state index contributed by atoms with van der Waals surface area (Å²) in [4.78, 5) is 35.6. The quantitative estimate of drug-likeness (QED) is 0.645. The molecular weight excluding hydrogens is 358 g/mol. The number of rotatable bonds is 8. The van der Waals surface area contributed by atoms with Crippen molar-refractivity contribution in [1.82, 2.24) is 10.6 Å². The second-order valence-electron chi connectivity index (χ2n) is 6.51. The summed E-state index contributed by atoms with van der Waals surface area (Å²) in [6.45, 7) is 3.66. The zero-order valence-electron chi connectivity index (χ0n) is 16.0. The summed E-state index contributed by atoms with van der Waals surface area (Å²) in [5.74, 6) is -1.16. The molecule has 1 atom stereocenters. The average molecular weight is 383 g/mol. The van der Waals surface area contributed by atoms with E-state index in [9.17, 15) is 14.4 Å². The second-order valence-corrected chi connectivity index (χ2v) is 6.51. The molecule has 3 amide bonds. The first kappa shape index (κ1) is 21.0. The standard InChI is InChI=1S/C21H25N3O4/c1-14-7-6-8-15(2)17(14)11-18(20(22)26)24-19(25)12-23-21(27)28-13-16-9-4-3-5-10-16/h3-10,18H,11-13H2,1-2H3,(H2,22,26)(H,23,27)(H,24,25)/t18-/m1/s1. The highest BCUT2D eigenvalue weighted by atomic mass is 16.5. The number of ether oxygens (including phenoxy) is 1. The van der Waals surface area contributed by atoms with Crippen molar-refractivity contribution in [2.75, 3.05) is 6.54 Å². The number of carbonyl (C=O) groups excluding carboxylic acids is 3. The molecule has 0 aromatic heterocycles. The van der Waals surface area contributed by atoms with Gasteiger partial charge in [0.1, 0.15) is 19.2 Å². The van der Waals surface area contributed by atoms with E-state index in [1.807, 2.05) is 62.4 Å². The lowest BCUT2D eigenvalue weighted by Gasteiger charge is -2.18. The van der Waals surface area contributed by atoms with Gasteiger partial charge in [0.05, 0.1) is 0 Å². The third-order valence-corrected chi connectivity index (χ3v) is 4.34. The summed E-state index contributed by atoms with van der Waals surface area (Å²) in [5.41, 5.74) is 9.27. The van der Waals surface area contributed by atoms with E-state index < -0.39 is 23.9 Å². The Morgan fingerprint density at radius 2 is 1.64 bits per heavy atom. The topological polar surface area (TPSA) is 111 Å². The van der Waals surface area contributed by atoms with Crippen molar-refractivity contribution in [2.24, 2.45) is 5.73 Å². The van der Waals surface area contributed by atoms with Gasteiger partial charge in [0.2, 0.25) is 11.8 Å². The number of hydrogen-bond acceptors (Lipinski definition) is 4. The molecule has 148 valence electrons. The molecule has 7 nitrogen and oxygen atoms in total. The zero-order chi connectivity index (χ0) is 20.5. The normalized spacial score (nSPS) is 11.4. The van der Waals surface area contributed by atoms with E-state index in [4.69, 9.17) is 10.5 Å². The highest BCUT2D eigenvalue weighted by molar-refractivity contribution is 5.88. The van der Waals surface area contributed by atoms with Crippen LogP contribution in [0, 0.1) is 13.8 Å². The van der Waals surface area contributed by atoms with Crippen molar-refractivity contribution < 1.29 is 19.1 Å². The van der Waals surface area contributed by atoms with Crippen LogP contribution in [0.1, 0.15) is 22.3 Å². The van der Waals surface area contributed by atoms with Gasteiger partial charge in [0.25, 0.3) is 0 Å². The molecule has 28 heavy (non-hydrogen) atoms. The summed E-state index contributed by atoms with van der Waals surface area (Å²) in [7, 11) is 0. The molecule has 0 saturated heterocycles. The van der Waals surface area contributed by atoms with Gasteiger partial charge in [0, 0.05) is 6.42 Å². The molecule has 0 unspecified atom stereocenters. The van der Waals surface area contributed by atoms with Crippen LogP contribution in [0.5, 0.6) is 0 Å². The molecule has 2 rings (SSSR count). The van der Waals surface area contributed by atoms with Crippen molar-refractivity contribution in [3.8, 4) is 0 Å². The van der Waals surface area contributed by atoms with Crippen LogP contribution in [0.25, 0.3) is 0 Å². The highest BCUT2D eigenvalue weighted by Crippen LogP contribution is 2.15. The van der Waals surface area contributed by atoms with Gasteiger partial charge in [-0.05, 0) is 36.1 Å². The molecule has 0 bridgehead atoms. The number of alkyl carbamates (subject to hydrolysis) is 1. The van der Waals surface area contributed by atoms with E-state index >= 15 is 0 Å².